The third-order valence-electron chi connectivity index (χ3n) is 5.40. The molecule has 2 fully saturated rings. The topological polar surface area (TPSA) is 66.8 Å². The minimum atomic E-state index is -0.415. The zero-order valence-corrected chi connectivity index (χ0v) is 13.6. The molecule has 20 heavy (non-hydrogen) atoms. The third kappa shape index (κ3) is 3.34. The lowest BCUT2D eigenvalue weighted by atomic mass is 9.69. The molecule has 0 saturated heterocycles. The van der Waals surface area contributed by atoms with Gasteiger partial charge in [-0.15, -0.1) is 0 Å². The van der Waals surface area contributed by atoms with Crippen LogP contribution in [0.1, 0.15) is 53.9 Å². The SMILES string of the molecule is COC(=O)C(C)(C)C(C)(C)C.OC1C2CCC(C2)C1O. The Balaban J connectivity index is 0.000000202. The lowest BCUT2D eigenvalue weighted by Gasteiger charge is -2.35. The summed E-state index contributed by atoms with van der Waals surface area (Å²) in [5.41, 5.74) is -0.470. The zero-order valence-electron chi connectivity index (χ0n) is 13.6. The van der Waals surface area contributed by atoms with Gasteiger partial charge in [0.25, 0.3) is 0 Å². The fourth-order valence-electron chi connectivity index (χ4n) is 2.79. The van der Waals surface area contributed by atoms with Crippen LogP contribution in [0.25, 0.3) is 0 Å². The molecule has 0 aromatic carbocycles. The van der Waals surface area contributed by atoms with Gasteiger partial charge in [-0.25, -0.2) is 0 Å². The molecule has 2 bridgehead atoms. The van der Waals surface area contributed by atoms with Crippen molar-refractivity contribution < 1.29 is 19.7 Å². The van der Waals surface area contributed by atoms with Gasteiger partial charge < -0.3 is 14.9 Å². The van der Waals surface area contributed by atoms with Crippen LogP contribution in [0, 0.1) is 22.7 Å². The minimum Gasteiger partial charge on any atom is -0.469 e. The lowest BCUT2D eigenvalue weighted by Crippen LogP contribution is -2.38. The number of rotatable bonds is 1. The number of hydrogen-bond acceptors (Lipinski definition) is 4. The average Bonchev–Trinajstić information content (AvgIpc) is 2.92. The molecular formula is C16H30O4. The second-order valence-electron chi connectivity index (χ2n) is 7.68. The first-order valence-corrected chi connectivity index (χ1v) is 7.47. The van der Waals surface area contributed by atoms with E-state index in [0.29, 0.717) is 11.8 Å². The Hall–Kier alpha value is -0.610. The normalized spacial score (nSPS) is 32.6. The van der Waals surface area contributed by atoms with Gasteiger partial charge in [-0.05, 0) is 50.4 Å². The highest BCUT2D eigenvalue weighted by Crippen LogP contribution is 2.44. The maximum absolute atomic E-state index is 11.3. The van der Waals surface area contributed by atoms with Gasteiger partial charge in [0, 0.05) is 0 Å². The van der Waals surface area contributed by atoms with Crippen molar-refractivity contribution in [3.8, 4) is 0 Å². The van der Waals surface area contributed by atoms with Crippen LogP contribution < -0.4 is 0 Å². The zero-order chi connectivity index (χ0) is 15.7. The maximum atomic E-state index is 11.3. The minimum absolute atomic E-state index is 0.0555. The Morgan fingerprint density at radius 3 is 1.55 bits per heavy atom. The van der Waals surface area contributed by atoms with Crippen LogP contribution in [0.15, 0.2) is 0 Å². The molecule has 4 nitrogen and oxygen atoms in total. The summed E-state index contributed by atoms with van der Waals surface area (Å²) in [5, 5.41) is 18.5. The summed E-state index contributed by atoms with van der Waals surface area (Å²) in [4.78, 5) is 11.3. The molecule has 0 amide bonds. The van der Waals surface area contributed by atoms with Crippen molar-refractivity contribution in [1.82, 2.24) is 0 Å². The molecule has 0 aromatic heterocycles. The largest absolute Gasteiger partial charge is 0.469 e. The fraction of sp³-hybridized carbons (Fsp3) is 0.938. The first-order chi connectivity index (χ1) is 9.02. The van der Waals surface area contributed by atoms with E-state index in [0.717, 1.165) is 19.3 Å². The van der Waals surface area contributed by atoms with E-state index >= 15 is 0 Å². The van der Waals surface area contributed by atoms with Crippen LogP contribution in [0.3, 0.4) is 0 Å². The molecule has 0 heterocycles. The monoisotopic (exact) mass is 286 g/mol. The van der Waals surface area contributed by atoms with E-state index in [2.05, 4.69) is 0 Å². The Kier molecular flexibility index (Phi) is 5.25. The van der Waals surface area contributed by atoms with Crippen LogP contribution in [0.2, 0.25) is 0 Å². The Morgan fingerprint density at radius 1 is 1.00 bits per heavy atom. The van der Waals surface area contributed by atoms with Gasteiger partial charge in [0.1, 0.15) is 0 Å². The Labute approximate surface area is 122 Å². The second kappa shape index (κ2) is 6.02. The fourth-order valence-corrected chi connectivity index (χ4v) is 2.79. The molecule has 4 atom stereocenters. The molecule has 0 aromatic rings. The van der Waals surface area contributed by atoms with Gasteiger partial charge in [-0.3, -0.25) is 4.79 Å². The number of aliphatic hydroxyl groups is 2. The quantitative estimate of drug-likeness (QED) is 0.726. The number of fused-ring (bicyclic) bond motifs is 2. The number of esters is 1. The molecule has 4 heteroatoms. The van der Waals surface area contributed by atoms with E-state index in [1.54, 1.807) is 0 Å². The molecule has 0 spiro atoms. The molecular weight excluding hydrogens is 256 g/mol. The van der Waals surface area contributed by atoms with Crippen molar-refractivity contribution in [3.05, 3.63) is 0 Å². The van der Waals surface area contributed by atoms with Crippen molar-refractivity contribution in [2.24, 2.45) is 22.7 Å². The number of carbonyl (C=O) groups is 1. The van der Waals surface area contributed by atoms with Crippen molar-refractivity contribution in [2.45, 2.75) is 66.1 Å². The van der Waals surface area contributed by atoms with Crippen molar-refractivity contribution in [2.75, 3.05) is 7.11 Å². The predicted octanol–water partition coefficient (Wildman–Crippen LogP) is 2.37. The number of aliphatic hydroxyl groups excluding tert-OH is 2. The van der Waals surface area contributed by atoms with Crippen LogP contribution >= 0.6 is 0 Å². The van der Waals surface area contributed by atoms with Gasteiger partial charge in [-0.1, -0.05) is 20.8 Å². The second-order valence-corrected chi connectivity index (χ2v) is 7.68. The highest BCUT2D eigenvalue weighted by Gasteiger charge is 2.45. The highest BCUT2D eigenvalue weighted by atomic mass is 16.5. The van der Waals surface area contributed by atoms with E-state index in [4.69, 9.17) is 4.74 Å². The molecule has 0 radical (unpaired) electrons. The smallest absolute Gasteiger partial charge is 0.311 e. The standard InChI is InChI=1S/C9H18O2.C7H12O2/c1-8(2,3)9(4,5)7(10)11-6;8-6-4-1-2-5(3-4)7(6)9/h1-6H3;4-9H,1-3H2. The number of hydrogen-bond donors (Lipinski definition) is 2. The summed E-state index contributed by atoms with van der Waals surface area (Å²) in [6, 6.07) is 0. The van der Waals surface area contributed by atoms with E-state index in [-0.39, 0.29) is 11.4 Å². The molecule has 2 rings (SSSR count). The molecule has 2 aliphatic carbocycles. The van der Waals surface area contributed by atoms with E-state index in [1.807, 2.05) is 34.6 Å². The highest BCUT2D eigenvalue weighted by molar-refractivity contribution is 5.76. The maximum Gasteiger partial charge on any atom is 0.311 e. The van der Waals surface area contributed by atoms with Crippen LogP contribution in [-0.2, 0) is 9.53 Å². The van der Waals surface area contributed by atoms with Crippen molar-refractivity contribution in [3.63, 3.8) is 0 Å². The van der Waals surface area contributed by atoms with E-state index < -0.39 is 17.6 Å². The Bertz CT molecular complexity index is 325. The van der Waals surface area contributed by atoms with Gasteiger partial charge >= 0.3 is 5.97 Å². The molecule has 2 aliphatic rings. The summed E-state index contributed by atoms with van der Waals surface area (Å²) in [7, 11) is 1.43. The van der Waals surface area contributed by atoms with Gasteiger partial charge in [0.2, 0.25) is 0 Å². The van der Waals surface area contributed by atoms with Gasteiger partial charge in [0.15, 0.2) is 0 Å². The summed E-state index contributed by atoms with van der Waals surface area (Å²) >= 11 is 0. The average molecular weight is 286 g/mol. The lowest BCUT2D eigenvalue weighted by molar-refractivity contribution is -0.156. The number of ether oxygens (including phenoxy) is 1. The van der Waals surface area contributed by atoms with E-state index in [9.17, 15) is 15.0 Å². The summed E-state index contributed by atoms with van der Waals surface area (Å²) in [6.07, 6.45) is 2.51. The van der Waals surface area contributed by atoms with Crippen LogP contribution in [-0.4, -0.2) is 35.5 Å². The number of carbonyl (C=O) groups excluding carboxylic acids is 1. The van der Waals surface area contributed by atoms with Crippen LogP contribution in [0.4, 0.5) is 0 Å². The molecule has 2 saturated carbocycles. The van der Waals surface area contributed by atoms with Gasteiger partial charge in [0.05, 0.1) is 24.7 Å². The van der Waals surface area contributed by atoms with Crippen molar-refractivity contribution in [1.29, 1.82) is 0 Å². The molecule has 2 N–H and O–H groups in total. The summed E-state index contributed by atoms with van der Waals surface area (Å²) < 4.78 is 4.70. The predicted molar refractivity (Wildman–Crippen MR) is 78.1 cm³/mol. The van der Waals surface area contributed by atoms with E-state index in [1.165, 1.54) is 7.11 Å². The first-order valence-electron chi connectivity index (χ1n) is 7.47. The van der Waals surface area contributed by atoms with Gasteiger partial charge in [-0.2, -0.15) is 0 Å². The van der Waals surface area contributed by atoms with Crippen LogP contribution in [0.5, 0.6) is 0 Å². The number of methoxy groups -OCH3 is 1. The molecule has 118 valence electrons. The summed E-state index contributed by atoms with van der Waals surface area (Å²) in [6.45, 7) is 9.90. The van der Waals surface area contributed by atoms with Crippen molar-refractivity contribution >= 4 is 5.97 Å². The third-order valence-corrected chi connectivity index (χ3v) is 5.40. The molecule has 4 unspecified atom stereocenters. The Morgan fingerprint density at radius 2 is 1.40 bits per heavy atom. The molecule has 0 aliphatic heterocycles. The first kappa shape index (κ1) is 17.4. The summed E-state index contributed by atoms with van der Waals surface area (Å²) in [5.74, 6) is 0.694.